The van der Waals surface area contributed by atoms with E-state index >= 15 is 8.78 Å². The van der Waals surface area contributed by atoms with E-state index in [4.69, 9.17) is 4.74 Å². The molecule has 0 bridgehead atoms. The number of nitrogens with one attached hydrogen (secondary N) is 2. The summed E-state index contributed by atoms with van der Waals surface area (Å²) in [5.74, 6) is -2.44. The van der Waals surface area contributed by atoms with Crippen LogP contribution < -0.4 is 15.4 Å². The van der Waals surface area contributed by atoms with E-state index < -0.39 is 24.0 Å². The maximum Gasteiger partial charge on any atom is 0.251 e. The van der Waals surface area contributed by atoms with E-state index in [1.165, 1.54) is 26.4 Å². The molecule has 10 heteroatoms. The fraction of sp³-hybridized carbons (Fsp3) is 0.259. The van der Waals surface area contributed by atoms with Crippen LogP contribution in [-0.2, 0) is 16.8 Å². The Kier molecular flexibility index (Phi) is 6.93. The third-order valence-electron chi connectivity index (χ3n) is 5.81. The van der Waals surface area contributed by atoms with Crippen LogP contribution in [0.15, 0.2) is 48.9 Å². The molecule has 0 fully saturated rings. The number of aromatic nitrogens is 3. The van der Waals surface area contributed by atoms with Crippen molar-refractivity contribution >= 4 is 28.4 Å². The van der Waals surface area contributed by atoms with Crippen molar-refractivity contribution in [3.63, 3.8) is 0 Å². The first-order valence-corrected chi connectivity index (χ1v) is 11.6. The molecule has 0 saturated heterocycles. The number of carbonyl (C=O) groups is 2. The Balaban J connectivity index is 1.58. The number of benzene rings is 2. The topological polar surface area (TPSA) is 98.1 Å². The van der Waals surface area contributed by atoms with Crippen molar-refractivity contribution in [2.45, 2.75) is 39.7 Å². The predicted octanol–water partition coefficient (Wildman–Crippen LogP) is 5.11. The van der Waals surface area contributed by atoms with Gasteiger partial charge in [-0.05, 0) is 52.0 Å². The van der Waals surface area contributed by atoms with Gasteiger partial charge in [-0.1, -0.05) is 0 Å². The summed E-state index contributed by atoms with van der Waals surface area (Å²) >= 11 is 0. The van der Waals surface area contributed by atoms with Crippen molar-refractivity contribution in [3.05, 3.63) is 77.2 Å². The molecule has 0 atom stereocenters. The Morgan fingerprint density at radius 3 is 2.54 bits per heavy atom. The predicted molar refractivity (Wildman–Crippen MR) is 136 cm³/mol. The first-order chi connectivity index (χ1) is 17.5. The van der Waals surface area contributed by atoms with E-state index in [0.29, 0.717) is 22.2 Å². The van der Waals surface area contributed by atoms with Crippen LogP contribution in [0, 0.1) is 18.6 Å². The van der Waals surface area contributed by atoms with Gasteiger partial charge in [-0.25, -0.2) is 8.78 Å². The lowest BCUT2D eigenvalue weighted by Gasteiger charge is -2.18. The Morgan fingerprint density at radius 1 is 1.11 bits per heavy atom. The molecule has 4 aromatic rings. The van der Waals surface area contributed by atoms with Crippen LogP contribution in [-0.4, -0.2) is 33.6 Å². The molecule has 0 saturated carbocycles. The summed E-state index contributed by atoms with van der Waals surface area (Å²) in [5.41, 5.74) is 0.753. The highest BCUT2D eigenvalue weighted by Crippen LogP contribution is 2.34. The molecule has 0 aliphatic heterocycles. The molecule has 8 nitrogen and oxygen atoms in total. The third kappa shape index (κ3) is 5.42. The number of ether oxygens (including phenoxy) is 1. The van der Waals surface area contributed by atoms with Gasteiger partial charge >= 0.3 is 0 Å². The number of pyridine rings is 1. The largest absolute Gasteiger partial charge is 0.456 e. The zero-order chi connectivity index (χ0) is 26.9. The minimum absolute atomic E-state index is 0.0390. The first-order valence-electron chi connectivity index (χ1n) is 11.6. The van der Waals surface area contributed by atoms with Crippen molar-refractivity contribution in [1.82, 2.24) is 20.1 Å². The maximum absolute atomic E-state index is 15.2. The van der Waals surface area contributed by atoms with Crippen LogP contribution in [0.4, 0.5) is 14.5 Å². The molecule has 2 aromatic carbocycles. The molecular weight excluding hydrogens is 480 g/mol. The van der Waals surface area contributed by atoms with Gasteiger partial charge in [0, 0.05) is 47.6 Å². The van der Waals surface area contributed by atoms with Crippen molar-refractivity contribution < 1.29 is 23.1 Å². The summed E-state index contributed by atoms with van der Waals surface area (Å²) in [6, 6.07) is 7.47. The summed E-state index contributed by atoms with van der Waals surface area (Å²) in [5, 5.41) is 9.87. The quantitative estimate of drug-likeness (QED) is 0.378. The minimum atomic E-state index is -0.914. The van der Waals surface area contributed by atoms with Gasteiger partial charge in [-0.15, -0.1) is 0 Å². The van der Waals surface area contributed by atoms with Gasteiger partial charge in [0.1, 0.15) is 23.1 Å². The Bertz CT molecular complexity index is 1510. The number of anilines is 1. The van der Waals surface area contributed by atoms with E-state index in [0.717, 1.165) is 6.07 Å². The third-order valence-corrected chi connectivity index (χ3v) is 5.81. The van der Waals surface area contributed by atoms with Crippen molar-refractivity contribution in [2.75, 3.05) is 12.4 Å². The smallest absolute Gasteiger partial charge is 0.251 e. The lowest BCUT2D eigenvalue weighted by Crippen LogP contribution is -2.22. The summed E-state index contributed by atoms with van der Waals surface area (Å²) < 4.78 is 37.8. The second-order valence-electron chi connectivity index (χ2n) is 9.57. The molecule has 2 amide bonds. The van der Waals surface area contributed by atoms with Gasteiger partial charge in [-0.3, -0.25) is 19.3 Å². The molecule has 0 aliphatic rings. The number of hydrogen-bond donors (Lipinski definition) is 2. The number of fused-ring (bicyclic) bond motifs is 1. The second-order valence-corrected chi connectivity index (χ2v) is 9.57. The SMILES string of the molecule is CNC(=O)c1ccc2nccc(Oc3cc(F)c(CC(=O)Nc4cnn(C(C)(C)C)c4)c(F)c3C)c2c1. The molecule has 2 N–H and O–H groups in total. The summed E-state index contributed by atoms with van der Waals surface area (Å²) in [6.07, 6.45) is 4.13. The number of rotatable bonds is 6. The highest BCUT2D eigenvalue weighted by Gasteiger charge is 2.21. The average molecular weight is 508 g/mol. The molecule has 2 heterocycles. The van der Waals surface area contributed by atoms with Crippen LogP contribution in [0.1, 0.15) is 42.3 Å². The second kappa shape index (κ2) is 9.96. The summed E-state index contributed by atoms with van der Waals surface area (Å²) in [4.78, 5) is 28.8. The van der Waals surface area contributed by atoms with Crippen LogP contribution in [0.3, 0.4) is 0 Å². The van der Waals surface area contributed by atoms with E-state index in [1.807, 2.05) is 20.8 Å². The van der Waals surface area contributed by atoms with Crippen molar-refractivity contribution in [1.29, 1.82) is 0 Å². The zero-order valence-corrected chi connectivity index (χ0v) is 21.1. The molecule has 2 aromatic heterocycles. The van der Waals surface area contributed by atoms with Crippen LogP contribution >= 0.6 is 0 Å². The minimum Gasteiger partial charge on any atom is -0.456 e. The van der Waals surface area contributed by atoms with Gasteiger partial charge in [0.15, 0.2) is 0 Å². The normalized spacial score (nSPS) is 11.4. The maximum atomic E-state index is 15.2. The lowest BCUT2D eigenvalue weighted by molar-refractivity contribution is -0.115. The molecular formula is C27H27F2N5O3. The molecule has 0 unspecified atom stereocenters. The Morgan fingerprint density at radius 2 is 1.86 bits per heavy atom. The Hall–Kier alpha value is -4.34. The van der Waals surface area contributed by atoms with E-state index in [-0.39, 0.29) is 34.1 Å². The van der Waals surface area contributed by atoms with Gasteiger partial charge in [0.05, 0.1) is 29.4 Å². The highest BCUT2D eigenvalue weighted by molar-refractivity contribution is 5.99. The molecule has 0 aliphatic carbocycles. The number of amides is 2. The number of hydrogen-bond acceptors (Lipinski definition) is 5. The van der Waals surface area contributed by atoms with Gasteiger partial charge in [0.25, 0.3) is 5.91 Å². The number of nitrogens with zero attached hydrogens (tertiary/aromatic N) is 3. The first kappa shape index (κ1) is 25.7. The molecule has 37 heavy (non-hydrogen) atoms. The Labute approximate surface area is 212 Å². The van der Waals surface area contributed by atoms with Crippen LogP contribution in [0.2, 0.25) is 0 Å². The van der Waals surface area contributed by atoms with E-state index in [2.05, 4.69) is 20.7 Å². The van der Waals surface area contributed by atoms with E-state index in [9.17, 15) is 9.59 Å². The van der Waals surface area contributed by atoms with Crippen LogP contribution in [0.5, 0.6) is 11.5 Å². The number of halogens is 2. The van der Waals surface area contributed by atoms with Crippen LogP contribution in [0.25, 0.3) is 10.9 Å². The van der Waals surface area contributed by atoms with Crippen molar-refractivity contribution in [2.24, 2.45) is 0 Å². The monoisotopic (exact) mass is 507 g/mol. The molecule has 0 radical (unpaired) electrons. The molecule has 0 spiro atoms. The van der Waals surface area contributed by atoms with E-state index in [1.54, 1.807) is 35.1 Å². The highest BCUT2D eigenvalue weighted by atomic mass is 19.1. The van der Waals surface area contributed by atoms with Crippen molar-refractivity contribution in [3.8, 4) is 11.5 Å². The fourth-order valence-corrected chi connectivity index (χ4v) is 3.75. The van der Waals surface area contributed by atoms with Gasteiger partial charge in [0.2, 0.25) is 5.91 Å². The fourth-order valence-electron chi connectivity index (χ4n) is 3.75. The standard InChI is InChI=1S/C27H27F2N5O3/c1-15-23(37-22-8-9-31-21-7-6-16(10-19(21)22)26(36)30-5)12-20(28)18(25(15)29)11-24(35)33-17-13-32-34(14-17)27(2,3)4/h6-10,12-14H,11H2,1-5H3,(H,30,36)(H,33,35). The number of carbonyl (C=O) groups excluding carboxylic acids is 2. The zero-order valence-electron chi connectivity index (χ0n) is 21.1. The average Bonchev–Trinajstić information content (AvgIpc) is 3.33. The lowest BCUT2D eigenvalue weighted by atomic mass is 10.0. The molecule has 4 rings (SSSR count). The van der Waals surface area contributed by atoms with Gasteiger partial charge in [-0.2, -0.15) is 5.10 Å². The van der Waals surface area contributed by atoms with Gasteiger partial charge < -0.3 is 15.4 Å². The summed E-state index contributed by atoms with van der Waals surface area (Å²) in [6.45, 7) is 7.31. The molecule has 192 valence electrons. The summed E-state index contributed by atoms with van der Waals surface area (Å²) in [7, 11) is 1.52.